The van der Waals surface area contributed by atoms with E-state index in [2.05, 4.69) is 53.4 Å². The van der Waals surface area contributed by atoms with Gasteiger partial charge in [0.15, 0.2) is 0 Å². The van der Waals surface area contributed by atoms with Gasteiger partial charge in [-0.3, -0.25) is 4.79 Å². The van der Waals surface area contributed by atoms with E-state index in [1.807, 2.05) is 6.92 Å². The van der Waals surface area contributed by atoms with E-state index in [9.17, 15) is 4.79 Å². The highest BCUT2D eigenvalue weighted by atomic mass is 16.5. The predicted molar refractivity (Wildman–Crippen MR) is 116 cm³/mol. The Morgan fingerprint density at radius 3 is 2.52 bits per heavy atom. The van der Waals surface area contributed by atoms with Crippen LogP contribution in [0.1, 0.15) is 56.2 Å². The van der Waals surface area contributed by atoms with E-state index in [1.165, 1.54) is 16.7 Å². The zero-order chi connectivity index (χ0) is 19.3. The van der Waals surface area contributed by atoms with Gasteiger partial charge >= 0.3 is 5.97 Å². The second kappa shape index (κ2) is 9.93. The van der Waals surface area contributed by atoms with Gasteiger partial charge in [0.2, 0.25) is 0 Å². The minimum Gasteiger partial charge on any atom is -0.489 e. The van der Waals surface area contributed by atoms with Crippen LogP contribution in [-0.2, 0) is 16.1 Å². The number of carbonyl (C=O) groups excluding carboxylic acids is 1. The number of rotatable bonds is 5. The molecule has 1 unspecified atom stereocenters. The van der Waals surface area contributed by atoms with Crippen molar-refractivity contribution in [2.24, 2.45) is 5.92 Å². The summed E-state index contributed by atoms with van der Waals surface area (Å²) in [5, 5.41) is 0. The molecule has 1 atom stereocenters. The van der Waals surface area contributed by atoms with Crippen LogP contribution in [0.15, 0.2) is 48.5 Å². The summed E-state index contributed by atoms with van der Waals surface area (Å²) in [6.07, 6.45) is 2.76. The van der Waals surface area contributed by atoms with E-state index < -0.39 is 0 Å². The average Bonchev–Trinajstić information content (AvgIpc) is 2.90. The van der Waals surface area contributed by atoms with Gasteiger partial charge in [0, 0.05) is 18.0 Å². The zero-order valence-electron chi connectivity index (χ0n) is 16.6. The van der Waals surface area contributed by atoms with Crippen molar-refractivity contribution in [3.63, 3.8) is 0 Å². The number of piperidine rings is 1. The molecule has 0 radical (unpaired) electrons. The third kappa shape index (κ3) is 4.81. The number of para-hydroxylation sites is 1. The molecule has 4 nitrogen and oxygen atoms in total. The zero-order valence-corrected chi connectivity index (χ0v) is 16.6. The molecule has 2 aromatic carbocycles. The number of carbonyl (C=O) groups is 1. The SMILES string of the molecule is C.CCOC(=O)CCN1CCC(C2c3ccccc3COc3ccccc32)CC1. The van der Waals surface area contributed by atoms with Crippen molar-refractivity contribution in [1.82, 2.24) is 4.90 Å². The average molecular weight is 396 g/mol. The van der Waals surface area contributed by atoms with E-state index in [-0.39, 0.29) is 13.4 Å². The van der Waals surface area contributed by atoms with Gasteiger partial charge in [-0.1, -0.05) is 49.9 Å². The van der Waals surface area contributed by atoms with Crippen LogP contribution >= 0.6 is 0 Å². The monoisotopic (exact) mass is 395 g/mol. The maximum atomic E-state index is 11.6. The Balaban J connectivity index is 0.00000240. The second-order valence-electron chi connectivity index (χ2n) is 7.74. The van der Waals surface area contributed by atoms with Crippen LogP contribution < -0.4 is 4.74 Å². The summed E-state index contributed by atoms with van der Waals surface area (Å²) < 4.78 is 11.2. The molecular weight excluding hydrogens is 362 g/mol. The molecule has 0 saturated carbocycles. The first-order valence-corrected chi connectivity index (χ1v) is 10.4. The molecule has 4 heteroatoms. The fourth-order valence-electron chi connectivity index (χ4n) is 4.66. The first-order valence-electron chi connectivity index (χ1n) is 10.4. The Labute approximate surface area is 174 Å². The van der Waals surface area contributed by atoms with Gasteiger partial charge in [-0.15, -0.1) is 0 Å². The molecular formula is C25H33NO3. The summed E-state index contributed by atoms with van der Waals surface area (Å²) in [5.74, 6) is 1.90. The lowest BCUT2D eigenvalue weighted by Gasteiger charge is -2.36. The van der Waals surface area contributed by atoms with Crippen molar-refractivity contribution < 1.29 is 14.3 Å². The summed E-state index contributed by atoms with van der Waals surface area (Å²) in [6.45, 7) is 5.82. The van der Waals surface area contributed by atoms with Crippen LogP contribution in [0.3, 0.4) is 0 Å². The lowest BCUT2D eigenvalue weighted by Crippen LogP contribution is -2.37. The molecule has 0 spiro atoms. The van der Waals surface area contributed by atoms with Crippen molar-refractivity contribution in [1.29, 1.82) is 0 Å². The highest BCUT2D eigenvalue weighted by molar-refractivity contribution is 5.69. The van der Waals surface area contributed by atoms with Crippen LogP contribution in [0.25, 0.3) is 0 Å². The van der Waals surface area contributed by atoms with Crippen molar-refractivity contribution in [2.75, 3.05) is 26.2 Å². The van der Waals surface area contributed by atoms with Crippen LogP contribution in [0.2, 0.25) is 0 Å². The van der Waals surface area contributed by atoms with Gasteiger partial charge in [0.25, 0.3) is 0 Å². The summed E-state index contributed by atoms with van der Waals surface area (Å²) in [4.78, 5) is 14.0. The standard InChI is InChI=1S/C24H29NO3.CH4/c1-2-27-23(26)13-16-25-14-11-18(12-15-25)24-20-8-4-3-7-19(20)17-28-22-10-6-5-9-21(22)24;/h3-10,18,24H,2,11-17H2,1H3;1H4. The van der Waals surface area contributed by atoms with E-state index in [1.54, 1.807) is 0 Å². The van der Waals surface area contributed by atoms with Crippen molar-refractivity contribution in [2.45, 2.75) is 46.1 Å². The Kier molecular flexibility index (Phi) is 7.32. The lowest BCUT2D eigenvalue weighted by molar-refractivity contribution is -0.143. The molecule has 0 bridgehead atoms. The van der Waals surface area contributed by atoms with E-state index in [4.69, 9.17) is 9.47 Å². The smallest absolute Gasteiger partial charge is 0.307 e. The molecule has 2 heterocycles. The highest BCUT2D eigenvalue weighted by Crippen LogP contribution is 2.44. The fraction of sp³-hybridized carbons (Fsp3) is 0.480. The Bertz CT molecular complexity index is 764. The Morgan fingerprint density at radius 2 is 1.76 bits per heavy atom. The molecule has 1 fully saturated rings. The predicted octanol–water partition coefficient (Wildman–Crippen LogP) is 5.01. The fourth-order valence-corrected chi connectivity index (χ4v) is 4.66. The third-order valence-electron chi connectivity index (χ3n) is 6.07. The first-order chi connectivity index (χ1) is 13.8. The quantitative estimate of drug-likeness (QED) is 0.667. The molecule has 0 aliphatic carbocycles. The van der Waals surface area contributed by atoms with Gasteiger partial charge in [-0.05, 0) is 56.0 Å². The minimum atomic E-state index is -0.0894. The maximum absolute atomic E-state index is 11.6. The van der Waals surface area contributed by atoms with Gasteiger partial charge in [-0.25, -0.2) is 0 Å². The van der Waals surface area contributed by atoms with E-state index in [0.717, 1.165) is 38.2 Å². The number of fused-ring (bicyclic) bond motifs is 2. The third-order valence-corrected chi connectivity index (χ3v) is 6.07. The van der Waals surface area contributed by atoms with Gasteiger partial charge in [-0.2, -0.15) is 0 Å². The summed E-state index contributed by atoms with van der Waals surface area (Å²) in [5.41, 5.74) is 4.03. The topological polar surface area (TPSA) is 38.8 Å². The number of benzene rings is 2. The molecule has 0 aromatic heterocycles. The molecule has 2 aromatic rings. The van der Waals surface area contributed by atoms with Gasteiger partial charge < -0.3 is 14.4 Å². The Morgan fingerprint density at radius 1 is 1.07 bits per heavy atom. The molecule has 0 amide bonds. The normalized spacial score (nSPS) is 19.1. The molecule has 29 heavy (non-hydrogen) atoms. The molecule has 2 aliphatic rings. The Hall–Kier alpha value is -2.33. The summed E-state index contributed by atoms with van der Waals surface area (Å²) in [7, 11) is 0. The highest BCUT2D eigenvalue weighted by Gasteiger charge is 2.33. The summed E-state index contributed by atoms with van der Waals surface area (Å²) >= 11 is 0. The maximum Gasteiger partial charge on any atom is 0.307 e. The number of hydrogen-bond donors (Lipinski definition) is 0. The van der Waals surface area contributed by atoms with Crippen LogP contribution in [0, 0.1) is 5.92 Å². The number of esters is 1. The van der Waals surface area contributed by atoms with E-state index in [0.29, 0.717) is 31.5 Å². The number of hydrogen-bond acceptors (Lipinski definition) is 4. The number of nitrogens with zero attached hydrogens (tertiary/aromatic N) is 1. The molecule has 0 N–H and O–H groups in total. The first kappa shape index (κ1) is 21.4. The van der Waals surface area contributed by atoms with Crippen molar-refractivity contribution in [3.8, 4) is 5.75 Å². The number of ether oxygens (including phenoxy) is 2. The molecule has 1 saturated heterocycles. The van der Waals surface area contributed by atoms with Crippen LogP contribution in [-0.4, -0.2) is 37.1 Å². The molecule has 2 aliphatic heterocycles. The van der Waals surface area contributed by atoms with Crippen molar-refractivity contribution >= 4 is 5.97 Å². The number of likely N-dealkylation sites (tertiary alicyclic amines) is 1. The molecule has 4 rings (SSSR count). The van der Waals surface area contributed by atoms with Gasteiger partial charge in [0.1, 0.15) is 12.4 Å². The van der Waals surface area contributed by atoms with Crippen molar-refractivity contribution in [3.05, 3.63) is 65.2 Å². The second-order valence-corrected chi connectivity index (χ2v) is 7.74. The molecule has 156 valence electrons. The minimum absolute atomic E-state index is 0. The summed E-state index contributed by atoms with van der Waals surface area (Å²) in [6, 6.07) is 17.2. The van der Waals surface area contributed by atoms with E-state index >= 15 is 0 Å². The van der Waals surface area contributed by atoms with Gasteiger partial charge in [0.05, 0.1) is 13.0 Å². The van der Waals surface area contributed by atoms with Crippen LogP contribution in [0.4, 0.5) is 0 Å². The van der Waals surface area contributed by atoms with Crippen LogP contribution in [0.5, 0.6) is 5.75 Å². The lowest BCUT2D eigenvalue weighted by atomic mass is 9.75. The largest absolute Gasteiger partial charge is 0.489 e.